The molecule has 1 aromatic carbocycles. The number of benzene rings is 1. The van der Waals surface area contributed by atoms with Crippen LogP contribution in [0.5, 0.6) is 5.75 Å². The smallest absolute Gasteiger partial charge is 0.329 e. The summed E-state index contributed by atoms with van der Waals surface area (Å²) in [6.07, 6.45) is 0.155. The second-order valence-corrected chi connectivity index (χ2v) is 4.16. The molecule has 0 spiro atoms. The molecule has 0 heterocycles. The number of hydrogen-bond acceptors (Lipinski definition) is 3. The number of amides is 1. The van der Waals surface area contributed by atoms with Gasteiger partial charge in [0, 0.05) is 13.3 Å². The highest BCUT2D eigenvalue weighted by Gasteiger charge is 2.34. The molecule has 1 atom stereocenters. The molecule has 0 aromatic heterocycles. The molecular weight excluding hydrogens is 222 g/mol. The molecular formula is C12H15NO4. The normalized spacial score (nSPS) is 13.8. The Balaban J connectivity index is 2.90. The van der Waals surface area contributed by atoms with E-state index in [-0.39, 0.29) is 12.2 Å². The number of carboxylic acid groups (broad SMARTS) is 1. The molecule has 0 unspecified atom stereocenters. The van der Waals surface area contributed by atoms with Gasteiger partial charge in [0.15, 0.2) is 0 Å². The Morgan fingerprint density at radius 3 is 2.24 bits per heavy atom. The van der Waals surface area contributed by atoms with Crippen molar-refractivity contribution < 1.29 is 19.8 Å². The fourth-order valence-electron chi connectivity index (χ4n) is 1.58. The topological polar surface area (TPSA) is 86.6 Å². The Kier molecular flexibility index (Phi) is 3.73. The molecule has 1 rings (SSSR count). The number of aromatic hydroxyl groups is 1. The van der Waals surface area contributed by atoms with Crippen LogP contribution in [0.4, 0.5) is 0 Å². The van der Waals surface area contributed by atoms with Gasteiger partial charge in [0.1, 0.15) is 11.3 Å². The largest absolute Gasteiger partial charge is 0.508 e. The van der Waals surface area contributed by atoms with Gasteiger partial charge in [-0.05, 0) is 24.6 Å². The van der Waals surface area contributed by atoms with E-state index in [4.69, 9.17) is 10.2 Å². The van der Waals surface area contributed by atoms with Crippen molar-refractivity contribution >= 4 is 11.9 Å². The van der Waals surface area contributed by atoms with E-state index in [1.807, 2.05) is 0 Å². The van der Waals surface area contributed by atoms with Crippen LogP contribution >= 0.6 is 0 Å². The molecule has 0 bridgehead atoms. The third-order valence-corrected chi connectivity index (χ3v) is 2.42. The molecule has 0 aliphatic carbocycles. The molecule has 3 N–H and O–H groups in total. The van der Waals surface area contributed by atoms with Crippen molar-refractivity contribution in [1.29, 1.82) is 0 Å². The van der Waals surface area contributed by atoms with E-state index in [2.05, 4.69) is 5.32 Å². The van der Waals surface area contributed by atoms with E-state index >= 15 is 0 Å². The van der Waals surface area contributed by atoms with Gasteiger partial charge in [0.2, 0.25) is 5.91 Å². The summed E-state index contributed by atoms with van der Waals surface area (Å²) in [6, 6.07) is 6.20. The number of carbonyl (C=O) groups is 2. The van der Waals surface area contributed by atoms with E-state index in [0.717, 1.165) is 5.56 Å². The van der Waals surface area contributed by atoms with Crippen molar-refractivity contribution in [3.8, 4) is 5.75 Å². The first-order valence-electron chi connectivity index (χ1n) is 5.13. The van der Waals surface area contributed by atoms with E-state index < -0.39 is 17.4 Å². The first-order chi connectivity index (χ1) is 7.83. The molecule has 1 amide bonds. The highest BCUT2D eigenvalue weighted by atomic mass is 16.4. The lowest BCUT2D eigenvalue weighted by molar-refractivity contribution is -0.146. The molecule has 0 fully saturated rings. The van der Waals surface area contributed by atoms with Crippen LogP contribution in [0, 0.1) is 0 Å². The highest BCUT2D eigenvalue weighted by molar-refractivity contribution is 5.85. The molecule has 5 heteroatoms. The van der Waals surface area contributed by atoms with Gasteiger partial charge in [0.05, 0.1) is 0 Å². The van der Waals surface area contributed by atoms with E-state index in [0.29, 0.717) is 0 Å². The summed E-state index contributed by atoms with van der Waals surface area (Å²) in [7, 11) is 0. The third kappa shape index (κ3) is 3.48. The van der Waals surface area contributed by atoms with Crippen molar-refractivity contribution in [3.05, 3.63) is 29.8 Å². The van der Waals surface area contributed by atoms with Crippen molar-refractivity contribution in [1.82, 2.24) is 5.32 Å². The number of phenols is 1. The second kappa shape index (κ2) is 4.86. The lowest BCUT2D eigenvalue weighted by Crippen LogP contribution is -2.53. The number of nitrogens with one attached hydrogen (secondary N) is 1. The van der Waals surface area contributed by atoms with Gasteiger partial charge >= 0.3 is 5.97 Å². The Labute approximate surface area is 99.1 Å². The van der Waals surface area contributed by atoms with Crippen LogP contribution in [-0.2, 0) is 16.0 Å². The van der Waals surface area contributed by atoms with Crippen LogP contribution in [0.1, 0.15) is 19.4 Å². The fraction of sp³-hybridized carbons (Fsp3) is 0.333. The van der Waals surface area contributed by atoms with Gasteiger partial charge < -0.3 is 15.5 Å². The molecule has 17 heavy (non-hydrogen) atoms. The SMILES string of the molecule is CC(=O)N[C@](C)(Cc1ccc(O)cc1)C(=O)O. The second-order valence-electron chi connectivity index (χ2n) is 4.16. The van der Waals surface area contributed by atoms with Crippen molar-refractivity contribution in [3.63, 3.8) is 0 Å². The average molecular weight is 237 g/mol. The molecule has 0 saturated carbocycles. The molecule has 0 saturated heterocycles. The third-order valence-electron chi connectivity index (χ3n) is 2.42. The van der Waals surface area contributed by atoms with Crippen LogP contribution in [-0.4, -0.2) is 27.6 Å². The van der Waals surface area contributed by atoms with Crippen LogP contribution < -0.4 is 5.32 Å². The number of carbonyl (C=O) groups excluding carboxylic acids is 1. The maximum atomic E-state index is 11.2. The van der Waals surface area contributed by atoms with E-state index in [1.54, 1.807) is 12.1 Å². The zero-order chi connectivity index (χ0) is 13.1. The minimum Gasteiger partial charge on any atom is -0.508 e. The lowest BCUT2D eigenvalue weighted by atomic mass is 9.92. The number of aliphatic carboxylic acids is 1. The van der Waals surface area contributed by atoms with Gasteiger partial charge in [-0.3, -0.25) is 4.79 Å². The maximum Gasteiger partial charge on any atom is 0.329 e. The van der Waals surface area contributed by atoms with Gasteiger partial charge in [-0.25, -0.2) is 4.79 Å². The van der Waals surface area contributed by atoms with Gasteiger partial charge in [-0.1, -0.05) is 12.1 Å². The van der Waals surface area contributed by atoms with Crippen LogP contribution in [0.2, 0.25) is 0 Å². The fourth-order valence-corrected chi connectivity index (χ4v) is 1.58. The molecule has 0 radical (unpaired) electrons. The van der Waals surface area contributed by atoms with Crippen molar-refractivity contribution in [2.75, 3.05) is 0 Å². The highest BCUT2D eigenvalue weighted by Crippen LogP contribution is 2.16. The monoisotopic (exact) mass is 237 g/mol. The summed E-state index contributed by atoms with van der Waals surface area (Å²) in [4.78, 5) is 22.2. The standard InChI is InChI=1S/C12H15NO4/c1-8(14)13-12(2,11(16)17)7-9-3-5-10(15)6-4-9/h3-6,15H,7H2,1-2H3,(H,13,14)(H,16,17)/t12-/m1/s1. The summed E-state index contributed by atoms with van der Waals surface area (Å²) >= 11 is 0. The Hall–Kier alpha value is -2.04. The quantitative estimate of drug-likeness (QED) is 0.726. The summed E-state index contributed by atoms with van der Waals surface area (Å²) in [5, 5.41) is 20.7. The summed E-state index contributed by atoms with van der Waals surface area (Å²) in [6.45, 7) is 2.72. The predicted octanol–water partition coefficient (Wildman–Crippen LogP) is 0.914. The Morgan fingerprint density at radius 1 is 1.29 bits per heavy atom. The molecule has 1 aromatic rings. The Bertz CT molecular complexity index is 427. The van der Waals surface area contributed by atoms with Crippen molar-refractivity contribution in [2.45, 2.75) is 25.8 Å². The zero-order valence-electron chi connectivity index (χ0n) is 9.73. The van der Waals surface area contributed by atoms with Gasteiger partial charge in [-0.2, -0.15) is 0 Å². The predicted molar refractivity (Wildman–Crippen MR) is 61.7 cm³/mol. The molecule has 0 aliphatic rings. The molecule has 0 aliphatic heterocycles. The molecule has 92 valence electrons. The number of phenolic OH excluding ortho intramolecular Hbond substituents is 1. The lowest BCUT2D eigenvalue weighted by Gasteiger charge is -2.25. The minimum atomic E-state index is -1.34. The summed E-state index contributed by atoms with van der Waals surface area (Å²) in [5.74, 6) is -1.38. The maximum absolute atomic E-state index is 11.2. The summed E-state index contributed by atoms with van der Waals surface area (Å²) < 4.78 is 0. The number of hydrogen-bond donors (Lipinski definition) is 3. The number of rotatable bonds is 4. The first-order valence-corrected chi connectivity index (χ1v) is 5.13. The average Bonchev–Trinajstić information content (AvgIpc) is 2.20. The Morgan fingerprint density at radius 2 is 1.82 bits per heavy atom. The van der Waals surface area contributed by atoms with E-state index in [1.165, 1.54) is 26.0 Å². The molecule has 5 nitrogen and oxygen atoms in total. The zero-order valence-corrected chi connectivity index (χ0v) is 9.73. The summed E-state index contributed by atoms with van der Waals surface area (Å²) in [5.41, 5.74) is -0.621. The van der Waals surface area contributed by atoms with Crippen LogP contribution in [0.25, 0.3) is 0 Å². The van der Waals surface area contributed by atoms with Gasteiger partial charge in [-0.15, -0.1) is 0 Å². The van der Waals surface area contributed by atoms with Crippen LogP contribution in [0.15, 0.2) is 24.3 Å². The number of carboxylic acids is 1. The van der Waals surface area contributed by atoms with Crippen molar-refractivity contribution in [2.24, 2.45) is 0 Å². The van der Waals surface area contributed by atoms with E-state index in [9.17, 15) is 9.59 Å². The first kappa shape index (κ1) is 13.0. The minimum absolute atomic E-state index is 0.116. The van der Waals surface area contributed by atoms with Crippen LogP contribution in [0.3, 0.4) is 0 Å². The van der Waals surface area contributed by atoms with Gasteiger partial charge in [0.25, 0.3) is 0 Å².